The number of hydrogen-bond acceptors (Lipinski definition) is 1. The lowest BCUT2D eigenvalue weighted by atomic mass is 10.0. The first-order valence-corrected chi connectivity index (χ1v) is 10.3. The molecular weight excluding hydrogens is 376 g/mol. The third-order valence-electron chi connectivity index (χ3n) is 4.67. The number of rotatable bonds is 17. The molecule has 0 bridgehead atoms. The summed E-state index contributed by atoms with van der Waals surface area (Å²) in [6.45, 7) is 6.76. The van der Waals surface area contributed by atoms with Gasteiger partial charge in [0.2, 0.25) is 0 Å². The number of nitrogens with zero attached hydrogens (tertiary/aromatic N) is 1. The first-order valence-electron chi connectivity index (χ1n) is 10.3. The van der Waals surface area contributed by atoms with Crippen LogP contribution in [0.15, 0.2) is 12.7 Å². The monoisotopic (exact) mass is 418 g/mol. The molecule has 0 saturated heterocycles. The second-order valence-electron chi connectivity index (χ2n) is 7.68. The molecule has 4 heteroatoms. The summed E-state index contributed by atoms with van der Waals surface area (Å²) < 4.78 is 0.545. The van der Waals surface area contributed by atoms with E-state index in [4.69, 9.17) is 0 Å². The lowest BCUT2D eigenvalue weighted by molar-refractivity contribution is -0.925. The Morgan fingerprint density at radius 2 is 1.16 bits per heavy atom. The number of hydrogen-bond donors (Lipinski definition) is 1. The van der Waals surface area contributed by atoms with Crippen LogP contribution < -0.4 is 22.4 Å². The van der Waals surface area contributed by atoms with Gasteiger partial charge in [0, 0.05) is 6.08 Å². The fourth-order valence-electron chi connectivity index (χ4n) is 3.10. The molecule has 150 valence electrons. The van der Waals surface area contributed by atoms with E-state index in [0.29, 0.717) is 4.59 Å². The lowest BCUT2D eigenvalue weighted by Crippen LogP contribution is -3.00. The average molecular weight is 419 g/mol. The zero-order chi connectivity index (χ0) is 18.1. The fourth-order valence-corrected chi connectivity index (χ4v) is 3.10. The van der Waals surface area contributed by atoms with Gasteiger partial charge in [-0.15, -0.1) is 0 Å². The van der Waals surface area contributed by atoms with Crippen molar-refractivity contribution in [2.24, 2.45) is 0 Å². The Morgan fingerprint density at radius 3 is 1.52 bits per heavy atom. The number of quaternary nitrogens is 1. The standard InChI is InChI=1S/C21H42N2O.BrH/c1-5-7-8-9-10-11-12-13-14-15-16-17-18-19-20-23(3,4)22-21(24)6-2;/h6H,2,5,7-20H2,1,3-4H3;1H. The smallest absolute Gasteiger partial charge is 0.288 e. The van der Waals surface area contributed by atoms with E-state index in [1.807, 2.05) is 14.1 Å². The second kappa shape index (κ2) is 18.4. The van der Waals surface area contributed by atoms with Crippen molar-refractivity contribution in [3.63, 3.8) is 0 Å². The van der Waals surface area contributed by atoms with Crippen molar-refractivity contribution >= 4 is 5.91 Å². The third kappa shape index (κ3) is 19.8. The molecule has 0 atom stereocenters. The zero-order valence-corrected chi connectivity index (χ0v) is 18.7. The molecule has 0 saturated carbocycles. The van der Waals surface area contributed by atoms with Crippen LogP contribution in [0.4, 0.5) is 0 Å². The van der Waals surface area contributed by atoms with E-state index in [1.165, 1.54) is 96.0 Å². The molecule has 0 radical (unpaired) electrons. The molecule has 0 aliphatic rings. The quantitative estimate of drug-likeness (QED) is 0.167. The van der Waals surface area contributed by atoms with Crippen LogP contribution in [0.2, 0.25) is 0 Å². The van der Waals surface area contributed by atoms with Crippen LogP contribution in [-0.4, -0.2) is 31.1 Å². The topological polar surface area (TPSA) is 29.1 Å². The van der Waals surface area contributed by atoms with Gasteiger partial charge in [0.15, 0.2) is 0 Å². The third-order valence-corrected chi connectivity index (χ3v) is 4.67. The SMILES string of the molecule is C=CC(=O)N[N+](C)(C)CCCCCCCCCCCCCCCC.[Br-]. The van der Waals surface area contributed by atoms with Crippen molar-refractivity contribution < 1.29 is 26.4 Å². The van der Waals surface area contributed by atoms with E-state index in [-0.39, 0.29) is 22.9 Å². The number of halogens is 1. The molecule has 3 nitrogen and oxygen atoms in total. The van der Waals surface area contributed by atoms with Gasteiger partial charge in [-0.3, -0.25) is 4.79 Å². The van der Waals surface area contributed by atoms with Crippen molar-refractivity contribution in [3.05, 3.63) is 12.7 Å². The highest BCUT2D eigenvalue weighted by Crippen LogP contribution is 2.13. The molecule has 0 fully saturated rings. The van der Waals surface area contributed by atoms with Gasteiger partial charge in [-0.05, 0) is 12.8 Å². The highest BCUT2D eigenvalue weighted by molar-refractivity contribution is 5.85. The highest BCUT2D eigenvalue weighted by Gasteiger charge is 2.16. The minimum Gasteiger partial charge on any atom is -1.00 e. The number of carbonyl (C=O) groups is 1. The minimum absolute atomic E-state index is 0. The van der Waals surface area contributed by atoms with Gasteiger partial charge < -0.3 is 17.0 Å². The van der Waals surface area contributed by atoms with Gasteiger partial charge in [0.1, 0.15) is 6.54 Å². The predicted molar refractivity (Wildman–Crippen MR) is 106 cm³/mol. The number of nitrogens with one attached hydrogen (secondary N) is 1. The van der Waals surface area contributed by atoms with Crippen molar-refractivity contribution in [2.45, 2.75) is 96.8 Å². The Kier molecular flexibility index (Phi) is 19.8. The molecule has 0 aromatic rings. The van der Waals surface area contributed by atoms with E-state index in [1.54, 1.807) is 0 Å². The zero-order valence-electron chi connectivity index (χ0n) is 17.1. The maximum absolute atomic E-state index is 11.3. The number of carbonyl (C=O) groups excluding carboxylic acids is 1. The van der Waals surface area contributed by atoms with Gasteiger partial charge in [0.05, 0.1) is 14.1 Å². The van der Waals surface area contributed by atoms with Gasteiger partial charge in [-0.25, -0.2) is 4.59 Å². The molecule has 25 heavy (non-hydrogen) atoms. The van der Waals surface area contributed by atoms with Gasteiger partial charge >= 0.3 is 0 Å². The van der Waals surface area contributed by atoms with Crippen LogP contribution in [0.25, 0.3) is 0 Å². The van der Waals surface area contributed by atoms with E-state index in [0.717, 1.165) is 6.54 Å². The summed E-state index contributed by atoms with van der Waals surface area (Å²) in [5.74, 6) is -0.0923. The molecule has 1 amide bonds. The van der Waals surface area contributed by atoms with Crippen LogP contribution in [0.5, 0.6) is 0 Å². The summed E-state index contributed by atoms with van der Waals surface area (Å²) in [7, 11) is 4.06. The van der Waals surface area contributed by atoms with Gasteiger partial charge in [-0.1, -0.05) is 90.6 Å². The summed E-state index contributed by atoms with van der Waals surface area (Å²) >= 11 is 0. The summed E-state index contributed by atoms with van der Waals surface area (Å²) in [5.41, 5.74) is 2.93. The Morgan fingerprint density at radius 1 is 0.800 bits per heavy atom. The van der Waals surface area contributed by atoms with Crippen LogP contribution in [0.3, 0.4) is 0 Å². The molecular formula is C21H43BrN2O. The number of unbranched alkanes of at least 4 members (excludes halogenated alkanes) is 13. The van der Waals surface area contributed by atoms with Crippen LogP contribution >= 0.6 is 0 Å². The lowest BCUT2D eigenvalue weighted by Gasteiger charge is -2.28. The van der Waals surface area contributed by atoms with Crippen LogP contribution in [-0.2, 0) is 4.79 Å². The Hall–Kier alpha value is -0.350. The van der Waals surface area contributed by atoms with E-state index >= 15 is 0 Å². The minimum atomic E-state index is -0.0923. The largest absolute Gasteiger partial charge is 1.00 e. The number of amides is 1. The molecule has 0 heterocycles. The first-order chi connectivity index (χ1) is 11.5. The Bertz CT molecular complexity index is 319. The Balaban J connectivity index is 0. The fraction of sp³-hybridized carbons (Fsp3) is 0.857. The second-order valence-corrected chi connectivity index (χ2v) is 7.68. The molecule has 0 aliphatic carbocycles. The molecule has 0 unspecified atom stereocenters. The predicted octanol–water partition coefficient (Wildman–Crippen LogP) is 2.77. The summed E-state index contributed by atoms with van der Waals surface area (Å²) in [6.07, 6.45) is 20.6. The summed E-state index contributed by atoms with van der Waals surface area (Å²) in [5, 5.41) is 0. The van der Waals surface area contributed by atoms with E-state index in [2.05, 4.69) is 18.9 Å². The van der Waals surface area contributed by atoms with Gasteiger partial charge in [-0.2, -0.15) is 5.43 Å². The normalized spacial score (nSPS) is 11.0. The molecule has 1 N–H and O–H groups in total. The van der Waals surface area contributed by atoms with E-state index in [9.17, 15) is 4.79 Å². The van der Waals surface area contributed by atoms with Crippen molar-refractivity contribution in [1.29, 1.82) is 0 Å². The molecule has 0 aromatic heterocycles. The summed E-state index contributed by atoms with van der Waals surface area (Å²) in [4.78, 5) is 11.3. The van der Waals surface area contributed by atoms with Crippen molar-refractivity contribution in [2.75, 3.05) is 20.6 Å². The van der Waals surface area contributed by atoms with Crippen molar-refractivity contribution in [3.8, 4) is 0 Å². The molecule has 0 aliphatic heterocycles. The Labute approximate surface area is 168 Å². The molecule has 0 rings (SSSR count). The van der Waals surface area contributed by atoms with Crippen molar-refractivity contribution in [1.82, 2.24) is 5.43 Å². The first kappa shape index (κ1) is 26.9. The maximum atomic E-state index is 11.3. The highest BCUT2D eigenvalue weighted by atomic mass is 79.9. The summed E-state index contributed by atoms with van der Waals surface area (Å²) in [6, 6.07) is 0. The molecule has 0 spiro atoms. The van der Waals surface area contributed by atoms with Crippen LogP contribution in [0, 0.1) is 0 Å². The average Bonchev–Trinajstić information content (AvgIpc) is 2.54. The molecule has 0 aromatic carbocycles. The van der Waals surface area contributed by atoms with Gasteiger partial charge in [0.25, 0.3) is 5.91 Å². The maximum Gasteiger partial charge on any atom is 0.288 e. The van der Waals surface area contributed by atoms with Crippen LogP contribution in [0.1, 0.15) is 96.8 Å². The van der Waals surface area contributed by atoms with E-state index < -0.39 is 0 Å².